The summed E-state index contributed by atoms with van der Waals surface area (Å²) in [7, 11) is -3.65. The molecular weight excluding hydrogens is 234 g/mol. The fourth-order valence-corrected chi connectivity index (χ4v) is 1.85. The molecular formula is C8H13N3O4S. The van der Waals surface area contributed by atoms with E-state index in [1.807, 2.05) is 0 Å². The van der Waals surface area contributed by atoms with E-state index in [1.54, 1.807) is 6.92 Å². The topological polar surface area (TPSA) is 101 Å². The summed E-state index contributed by atoms with van der Waals surface area (Å²) in [6.07, 6.45) is 2.93. The Morgan fingerprint density at radius 3 is 2.94 bits per heavy atom. The van der Waals surface area contributed by atoms with Crippen LogP contribution in [0.3, 0.4) is 0 Å². The zero-order valence-electron chi connectivity index (χ0n) is 8.76. The lowest BCUT2D eigenvalue weighted by Gasteiger charge is -2.04. The number of hydrogen-bond donors (Lipinski definition) is 2. The molecule has 0 saturated heterocycles. The molecule has 1 rings (SSSR count). The third-order valence-corrected chi connectivity index (χ3v) is 2.85. The van der Waals surface area contributed by atoms with E-state index in [1.165, 1.54) is 12.5 Å². The van der Waals surface area contributed by atoms with Gasteiger partial charge in [0.1, 0.15) is 0 Å². The van der Waals surface area contributed by atoms with Gasteiger partial charge in [0.25, 0.3) is 0 Å². The van der Waals surface area contributed by atoms with Crippen molar-refractivity contribution < 1.29 is 17.9 Å². The first-order valence-corrected chi connectivity index (χ1v) is 6.29. The Hall–Kier alpha value is -1.41. The minimum Gasteiger partial charge on any atom is -0.465 e. The quantitative estimate of drug-likeness (QED) is 0.653. The maximum absolute atomic E-state index is 11.4. The van der Waals surface area contributed by atoms with Gasteiger partial charge in [-0.25, -0.2) is 18.1 Å². The smallest absolute Gasteiger partial charge is 0.322 e. The summed E-state index contributed by atoms with van der Waals surface area (Å²) >= 11 is 0. The van der Waals surface area contributed by atoms with Gasteiger partial charge in [-0.2, -0.15) is 0 Å². The van der Waals surface area contributed by atoms with Gasteiger partial charge in [0.05, 0.1) is 19.5 Å². The van der Waals surface area contributed by atoms with Crippen molar-refractivity contribution in [3.63, 3.8) is 0 Å². The molecule has 16 heavy (non-hydrogen) atoms. The number of carbonyl (C=O) groups is 1. The minimum absolute atomic E-state index is 0.0712. The molecule has 1 aromatic heterocycles. The number of imidazole rings is 1. The number of aromatic nitrogens is 2. The highest BCUT2D eigenvalue weighted by atomic mass is 32.2. The van der Waals surface area contributed by atoms with Crippen molar-refractivity contribution in [2.24, 2.45) is 0 Å². The van der Waals surface area contributed by atoms with Crippen LogP contribution in [0, 0.1) is 0 Å². The Bertz CT molecular complexity index is 426. The van der Waals surface area contributed by atoms with Gasteiger partial charge in [-0.3, -0.25) is 4.79 Å². The van der Waals surface area contributed by atoms with E-state index in [0.29, 0.717) is 5.69 Å². The number of esters is 1. The number of aromatic amines is 1. The summed E-state index contributed by atoms with van der Waals surface area (Å²) in [5.41, 5.74) is 0.618. The summed E-state index contributed by atoms with van der Waals surface area (Å²) in [6.45, 7) is 1.85. The number of sulfonamides is 1. The van der Waals surface area contributed by atoms with E-state index in [-0.39, 0.29) is 13.2 Å². The van der Waals surface area contributed by atoms with Crippen LogP contribution in [0.2, 0.25) is 0 Å². The van der Waals surface area contributed by atoms with Crippen molar-refractivity contribution in [3.8, 4) is 0 Å². The molecule has 0 aliphatic rings. The summed E-state index contributed by atoms with van der Waals surface area (Å²) < 4.78 is 29.5. The lowest BCUT2D eigenvalue weighted by Crippen LogP contribution is -2.30. The van der Waals surface area contributed by atoms with Gasteiger partial charge < -0.3 is 9.72 Å². The largest absolute Gasteiger partial charge is 0.465 e. The molecule has 0 unspecified atom stereocenters. The van der Waals surface area contributed by atoms with Gasteiger partial charge in [-0.05, 0) is 6.92 Å². The fourth-order valence-electron chi connectivity index (χ4n) is 0.978. The highest BCUT2D eigenvalue weighted by Crippen LogP contribution is 1.94. The van der Waals surface area contributed by atoms with Crippen molar-refractivity contribution in [2.75, 3.05) is 12.4 Å². The molecule has 0 saturated carbocycles. The summed E-state index contributed by atoms with van der Waals surface area (Å²) in [5, 5.41) is 0. The highest BCUT2D eigenvalue weighted by molar-refractivity contribution is 7.90. The minimum atomic E-state index is -3.65. The van der Waals surface area contributed by atoms with E-state index >= 15 is 0 Å². The van der Waals surface area contributed by atoms with Crippen LogP contribution >= 0.6 is 0 Å². The number of nitrogens with zero attached hydrogens (tertiary/aromatic N) is 1. The Kier molecular flexibility index (Phi) is 4.44. The SMILES string of the molecule is CCOC(=O)CS(=O)(=O)NCc1cnc[nH]1. The van der Waals surface area contributed by atoms with Crippen molar-refractivity contribution in [1.29, 1.82) is 0 Å². The lowest BCUT2D eigenvalue weighted by atomic mass is 10.5. The zero-order valence-corrected chi connectivity index (χ0v) is 9.58. The molecule has 0 fully saturated rings. The molecule has 0 atom stereocenters. The maximum Gasteiger partial charge on any atom is 0.322 e. The van der Waals surface area contributed by atoms with Crippen molar-refractivity contribution in [2.45, 2.75) is 13.5 Å². The van der Waals surface area contributed by atoms with E-state index in [4.69, 9.17) is 0 Å². The second kappa shape index (κ2) is 5.61. The van der Waals surface area contributed by atoms with Crippen LogP contribution in [0.25, 0.3) is 0 Å². The number of nitrogens with one attached hydrogen (secondary N) is 2. The van der Waals surface area contributed by atoms with Crippen molar-refractivity contribution in [1.82, 2.24) is 14.7 Å². The third-order valence-electron chi connectivity index (χ3n) is 1.65. The van der Waals surface area contributed by atoms with Gasteiger partial charge in [0.2, 0.25) is 10.0 Å². The molecule has 2 N–H and O–H groups in total. The molecule has 1 heterocycles. The standard InChI is InChI=1S/C8H13N3O4S/c1-2-15-8(12)5-16(13,14)11-4-7-3-9-6-10-7/h3,6,11H,2,4-5H2,1H3,(H,9,10). The molecule has 7 nitrogen and oxygen atoms in total. The van der Waals surface area contributed by atoms with Crippen LogP contribution in [0.1, 0.15) is 12.6 Å². The van der Waals surface area contributed by atoms with Crippen LogP contribution in [0.15, 0.2) is 12.5 Å². The Morgan fingerprint density at radius 2 is 2.38 bits per heavy atom. The Balaban J connectivity index is 2.43. The van der Waals surface area contributed by atoms with E-state index in [0.717, 1.165) is 0 Å². The van der Waals surface area contributed by atoms with E-state index in [2.05, 4.69) is 19.4 Å². The third kappa shape index (κ3) is 4.41. The second-order valence-electron chi connectivity index (χ2n) is 2.96. The fraction of sp³-hybridized carbons (Fsp3) is 0.500. The predicted molar refractivity (Wildman–Crippen MR) is 55.8 cm³/mol. The molecule has 0 aliphatic heterocycles. The van der Waals surface area contributed by atoms with Crippen LogP contribution in [0.4, 0.5) is 0 Å². The molecule has 90 valence electrons. The first-order chi connectivity index (χ1) is 7.53. The number of H-pyrrole nitrogens is 1. The predicted octanol–water partition coefficient (Wildman–Crippen LogP) is -0.608. The number of ether oxygens (including phenoxy) is 1. The first-order valence-electron chi connectivity index (χ1n) is 4.63. The van der Waals surface area contributed by atoms with Crippen LogP contribution in [-0.4, -0.2) is 36.7 Å². The van der Waals surface area contributed by atoms with Gasteiger partial charge >= 0.3 is 5.97 Å². The van der Waals surface area contributed by atoms with Crippen molar-refractivity contribution >= 4 is 16.0 Å². The molecule has 0 amide bonds. The van der Waals surface area contributed by atoms with Crippen LogP contribution < -0.4 is 4.72 Å². The molecule has 0 spiro atoms. The molecule has 8 heteroatoms. The Labute approximate surface area is 93.3 Å². The van der Waals surface area contributed by atoms with Gasteiger partial charge in [-0.1, -0.05) is 0 Å². The van der Waals surface area contributed by atoms with Gasteiger partial charge in [-0.15, -0.1) is 0 Å². The summed E-state index contributed by atoms with van der Waals surface area (Å²) in [6, 6.07) is 0. The first kappa shape index (κ1) is 12.7. The normalized spacial score (nSPS) is 11.3. The zero-order chi connectivity index (χ0) is 12.0. The van der Waals surface area contributed by atoms with E-state index in [9.17, 15) is 13.2 Å². The van der Waals surface area contributed by atoms with Gasteiger partial charge in [0, 0.05) is 11.9 Å². The van der Waals surface area contributed by atoms with E-state index < -0.39 is 21.7 Å². The number of rotatable bonds is 6. The van der Waals surface area contributed by atoms with Crippen LogP contribution in [-0.2, 0) is 26.1 Å². The molecule has 1 aromatic rings. The van der Waals surface area contributed by atoms with Crippen LogP contribution in [0.5, 0.6) is 0 Å². The average molecular weight is 247 g/mol. The highest BCUT2D eigenvalue weighted by Gasteiger charge is 2.16. The second-order valence-corrected chi connectivity index (χ2v) is 4.77. The monoisotopic (exact) mass is 247 g/mol. The maximum atomic E-state index is 11.4. The van der Waals surface area contributed by atoms with Gasteiger partial charge in [0.15, 0.2) is 5.75 Å². The summed E-state index contributed by atoms with van der Waals surface area (Å²) in [5.74, 6) is -1.44. The number of hydrogen-bond acceptors (Lipinski definition) is 5. The molecule has 0 aliphatic carbocycles. The Morgan fingerprint density at radius 1 is 1.62 bits per heavy atom. The number of carbonyl (C=O) groups excluding carboxylic acids is 1. The lowest BCUT2D eigenvalue weighted by molar-refractivity contribution is -0.139. The summed E-state index contributed by atoms with van der Waals surface area (Å²) in [4.78, 5) is 17.4. The molecule has 0 aromatic carbocycles. The van der Waals surface area contributed by atoms with Crippen molar-refractivity contribution in [3.05, 3.63) is 18.2 Å². The molecule has 0 bridgehead atoms. The molecule has 0 radical (unpaired) electrons. The average Bonchev–Trinajstić information content (AvgIpc) is 2.66.